The lowest BCUT2D eigenvalue weighted by Crippen LogP contribution is -2.28. The second-order valence-electron chi connectivity index (χ2n) is 4.02. The summed E-state index contributed by atoms with van der Waals surface area (Å²) in [6, 6.07) is 2.91. The minimum atomic E-state index is -0.499. The van der Waals surface area contributed by atoms with Crippen LogP contribution in [0.3, 0.4) is 0 Å². The Morgan fingerprint density at radius 1 is 1.52 bits per heavy atom. The molecule has 2 rings (SSSR count). The van der Waals surface area contributed by atoms with E-state index in [0.717, 1.165) is 16.7 Å². The van der Waals surface area contributed by atoms with Crippen LogP contribution >= 0.6 is 23.4 Å². The minimum Gasteiger partial charge on any atom is -0.504 e. The average molecular weight is 324 g/mol. The molecule has 2 amide bonds. The summed E-state index contributed by atoms with van der Waals surface area (Å²) < 4.78 is 4.98. The number of rotatable bonds is 3. The molecule has 0 bridgehead atoms. The number of hydrogen-bond acceptors (Lipinski definition) is 5. The summed E-state index contributed by atoms with van der Waals surface area (Å²) in [7, 11) is 1.38. The SMILES string of the molecule is C#CCN1C(=O)S/C(=C/c2cc(Cl)cc(OC)c2O)C1=O. The Labute approximate surface area is 130 Å². The van der Waals surface area contributed by atoms with Crippen LogP contribution in [0.2, 0.25) is 5.02 Å². The number of benzene rings is 1. The summed E-state index contributed by atoms with van der Waals surface area (Å²) >= 11 is 6.67. The van der Waals surface area contributed by atoms with Crippen molar-refractivity contribution in [3.63, 3.8) is 0 Å². The maximum atomic E-state index is 12.0. The van der Waals surface area contributed by atoms with E-state index < -0.39 is 11.1 Å². The molecule has 108 valence electrons. The number of aromatic hydroxyl groups is 1. The zero-order chi connectivity index (χ0) is 15.6. The van der Waals surface area contributed by atoms with Crippen molar-refractivity contribution in [1.29, 1.82) is 0 Å². The average Bonchev–Trinajstić information content (AvgIpc) is 2.70. The molecule has 0 aliphatic carbocycles. The van der Waals surface area contributed by atoms with Crippen molar-refractivity contribution in [2.24, 2.45) is 0 Å². The Hall–Kier alpha value is -2.10. The summed E-state index contributed by atoms with van der Waals surface area (Å²) in [5.41, 5.74) is 0.283. The first kappa shape index (κ1) is 15.3. The Morgan fingerprint density at radius 3 is 2.86 bits per heavy atom. The first-order chi connectivity index (χ1) is 9.97. The van der Waals surface area contributed by atoms with Crippen molar-refractivity contribution in [3.05, 3.63) is 27.6 Å². The zero-order valence-electron chi connectivity index (χ0n) is 10.9. The van der Waals surface area contributed by atoms with Crippen LogP contribution in [0.1, 0.15) is 5.56 Å². The normalized spacial score (nSPS) is 16.4. The molecule has 1 heterocycles. The van der Waals surface area contributed by atoms with Crippen LogP contribution < -0.4 is 4.74 Å². The van der Waals surface area contributed by atoms with Gasteiger partial charge < -0.3 is 9.84 Å². The van der Waals surface area contributed by atoms with Crippen molar-refractivity contribution in [2.75, 3.05) is 13.7 Å². The second kappa shape index (κ2) is 6.12. The van der Waals surface area contributed by atoms with Gasteiger partial charge in [-0.3, -0.25) is 14.5 Å². The lowest BCUT2D eigenvalue weighted by Gasteiger charge is -2.08. The number of imide groups is 1. The highest BCUT2D eigenvalue weighted by Crippen LogP contribution is 2.38. The lowest BCUT2D eigenvalue weighted by molar-refractivity contribution is -0.122. The van der Waals surface area contributed by atoms with E-state index >= 15 is 0 Å². The van der Waals surface area contributed by atoms with E-state index in [2.05, 4.69) is 5.92 Å². The van der Waals surface area contributed by atoms with E-state index in [0.29, 0.717) is 5.02 Å². The molecule has 1 fully saturated rings. The van der Waals surface area contributed by atoms with Gasteiger partial charge in [-0.2, -0.15) is 0 Å². The molecule has 1 aliphatic rings. The molecule has 0 spiro atoms. The highest BCUT2D eigenvalue weighted by Gasteiger charge is 2.34. The Balaban J connectivity index is 2.42. The van der Waals surface area contributed by atoms with Gasteiger partial charge in [0.05, 0.1) is 18.6 Å². The molecule has 5 nitrogen and oxygen atoms in total. The topological polar surface area (TPSA) is 66.8 Å². The summed E-state index contributed by atoms with van der Waals surface area (Å²) in [4.78, 5) is 24.8. The van der Waals surface area contributed by atoms with Gasteiger partial charge in [-0.05, 0) is 23.9 Å². The molecule has 0 radical (unpaired) electrons. The molecule has 1 aliphatic heterocycles. The molecule has 0 aromatic heterocycles. The first-order valence-electron chi connectivity index (χ1n) is 5.73. The van der Waals surface area contributed by atoms with E-state index in [1.54, 1.807) is 0 Å². The number of methoxy groups -OCH3 is 1. The molecule has 1 aromatic rings. The van der Waals surface area contributed by atoms with Gasteiger partial charge in [-0.1, -0.05) is 17.5 Å². The van der Waals surface area contributed by atoms with Crippen LogP contribution in [0.4, 0.5) is 4.79 Å². The van der Waals surface area contributed by atoms with Crippen LogP contribution in [-0.2, 0) is 4.79 Å². The van der Waals surface area contributed by atoms with Crippen molar-refractivity contribution in [3.8, 4) is 23.8 Å². The summed E-state index contributed by atoms with van der Waals surface area (Å²) in [6.07, 6.45) is 6.49. The minimum absolute atomic E-state index is 0.0904. The predicted molar refractivity (Wildman–Crippen MR) is 81.2 cm³/mol. The highest BCUT2D eigenvalue weighted by molar-refractivity contribution is 8.18. The van der Waals surface area contributed by atoms with Crippen molar-refractivity contribution >= 4 is 40.6 Å². The fourth-order valence-electron chi connectivity index (χ4n) is 1.73. The third-order valence-electron chi connectivity index (χ3n) is 2.70. The van der Waals surface area contributed by atoms with Crippen molar-refractivity contribution in [1.82, 2.24) is 4.90 Å². The second-order valence-corrected chi connectivity index (χ2v) is 5.45. The highest BCUT2D eigenvalue weighted by atomic mass is 35.5. The molecule has 1 aromatic carbocycles. The lowest BCUT2D eigenvalue weighted by atomic mass is 10.1. The number of halogens is 1. The molecule has 1 N–H and O–H groups in total. The van der Waals surface area contributed by atoms with Gasteiger partial charge in [0.1, 0.15) is 0 Å². The number of nitrogens with zero attached hydrogens (tertiary/aromatic N) is 1. The number of phenols is 1. The molecule has 0 unspecified atom stereocenters. The van der Waals surface area contributed by atoms with E-state index in [9.17, 15) is 14.7 Å². The maximum absolute atomic E-state index is 12.0. The van der Waals surface area contributed by atoms with E-state index in [4.69, 9.17) is 22.8 Å². The molecular weight excluding hydrogens is 314 g/mol. The van der Waals surface area contributed by atoms with Crippen molar-refractivity contribution < 1.29 is 19.4 Å². The molecular formula is C14H10ClNO4S. The smallest absolute Gasteiger partial charge is 0.294 e. The van der Waals surface area contributed by atoms with Gasteiger partial charge in [0.25, 0.3) is 11.1 Å². The maximum Gasteiger partial charge on any atom is 0.294 e. The fraction of sp³-hybridized carbons (Fsp3) is 0.143. The number of ether oxygens (including phenoxy) is 1. The van der Waals surface area contributed by atoms with Gasteiger partial charge in [-0.25, -0.2) is 0 Å². The van der Waals surface area contributed by atoms with Crippen LogP contribution in [0, 0.1) is 12.3 Å². The monoisotopic (exact) mass is 323 g/mol. The number of phenolic OH excluding ortho intramolecular Hbond substituents is 1. The number of terminal acetylenes is 1. The van der Waals surface area contributed by atoms with E-state index in [1.165, 1.54) is 25.3 Å². The molecule has 1 saturated heterocycles. The fourth-order valence-corrected chi connectivity index (χ4v) is 2.77. The predicted octanol–water partition coefficient (Wildman–Crippen LogP) is 2.72. The number of thioether (sulfide) groups is 1. The van der Waals surface area contributed by atoms with Gasteiger partial charge in [0.2, 0.25) is 0 Å². The first-order valence-corrected chi connectivity index (χ1v) is 6.92. The quantitative estimate of drug-likeness (QED) is 0.684. The van der Waals surface area contributed by atoms with Gasteiger partial charge >= 0.3 is 0 Å². The number of amides is 2. The molecule has 0 atom stereocenters. The van der Waals surface area contributed by atoms with Crippen LogP contribution in [0.25, 0.3) is 6.08 Å². The number of hydrogen-bond donors (Lipinski definition) is 1. The van der Waals surface area contributed by atoms with Crippen LogP contribution in [0.5, 0.6) is 11.5 Å². The molecule has 21 heavy (non-hydrogen) atoms. The summed E-state index contributed by atoms with van der Waals surface area (Å²) in [6.45, 7) is -0.0904. The third-order valence-corrected chi connectivity index (χ3v) is 3.82. The molecule has 7 heteroatoms. The van der Waals surface area contributed by atoms with Crippen LogP contribution in [0.15, 0.2) is 17.0 Å². The van der Waals surface area contributed by atoms with Gasteiger partial charge in [0, 0.05) is 16.7 Å². The van der Waals surface area contributed by atoms with Gasteiger partial charge in [-0.15, -0.1) is 6.42 Å². The van der Waals surface area contributed by atoms with Crippen molar-refractivity contribution in [2.45, 2.75) is 0 Å². The Bertz CT molecular complexity index is 693. The number of carbonyl (C=O) groups is 2. The van der Waals surface area contributed by atoms with E-state index in [1.807, 2.05) is 0 Å². The third kappa shape index (κ3) is 2.99. The standard InChI is InChI=1S/C14H10ClNO4S/c1-3-4-16-13(18)11(21-14(16)19)6-8-5-9(15)7-10(20-2)12(8)17/h1,5-7,17H,4H2,2H3/b11-6+. The number of carbonyl (C=O) groups excluding carboxylic acids is 2. The Kier molecular flexibility index (Phi) is 4.46. The zero-order valence-corrected chi connectivity index (χ0v) is 12.5. The Morgan fingerprint density at radius 2 is 2.24 bits per heavy atom. The summed E-state index contributed by atoms with van der Waals surface area (Å²) in [5, 5.41) is 9.90. The summed E-state index contributed by atoms with van der Waals surface area (Å²) in [5.74, 6) is 1.76. The largest absolute Gasteiger partial charge is 0.504 e. The van der Waals surface area contributed by atoms with Gasteiger partial charge in [0.15, 0.2) is 11.5 Å². The van der Waals surface area contributed by atoms with Crippen LogP contribution in [-0.4, -0.2) is 34.8 Å². The van der Waals surface area contributed by atoms with E-state index in [-0.39, 0.29) is 28.5 Å². The molecule has 0 saturated carbocycles.